The van der Waals surface area contributed by atoms with Crippen LogP contribution in [0.15, 0.2) is 79.6 Å². The van der Waals surface area contributed by atoms with Gasteiger partial charge < -0.3 is 23.7 Å². The van der Waals surface area contributed by atoms with Crippen LogP contribution in [0.1, 0.15) is 57.5 Å². The van der Waals surface area contributed by atoms with Crippen molar-refractivity contribution >= 4 is 23.9 Å². The Bertz CT molecular complexity index is 1610. The fourth-order valence-corrected chi connectivity index (χ4v) is 4.56. The number of hydrogen-bond acceptors (Lipinski definition) is 9. The molecule has 0 heterocycles. The van der Waals surface area contributed by atoms with Gasteiger partial charge in [0.1, 0.15) is 17.3 Å². The van der Waals surface area contributed by atoms with Crippen molar-refractivity contribution in [3.05, 3.63) is 108 Å². The molecule has 3 aromatic carbocycles. The van der Waals surface area contributed by atoms with Gasteiger partial charge in [-0.1, -0.05) is 32.2 Å². The summed E-state index contributed by atoms with van der Waals surface area (Å²) in [6, 6.07) is 14.4. The first-order valence-electron chi connectivity index (χ1n) is 13.3. The van der Waals surface area contributed by atoms with Gasteiger partial charge >= 0.3 is 23.9 Å². The predicted molar refractivity (Wildman–Crippen MR) is 153 cm³/mol. The van der Waals surface area contributed by atoms with Crippen molar-refractivity contribution in [1.29, 1.82) is 0 Å². The van der Waals surface area contributed by atoms with E-state index in [1.54, 1.807) is 12.1 Å². The number of methoxy groups -OCH3 is 1. The van der Waals surface area contributed by atoms with Gasteiger partial charge in [0, 0.05) is 17.9 Å². The van der Waals surface area contributed by atoms with Crippen LogP contribution >= 0.6 is 0 Å². The summed E-state index contributed by atoms with van der Waals surface area (Å²) in [7, 11) is 1.23. The number of esters is 4. The first-order valence-corrected chi connectivity index (χ1v) is 13.3. The second kappa shape index (κ2) is 13.6. The van der Waals surface area contributed by atoms with E-state index in [1.165, 1.54) is 13.2 Å². The summed E-state index contributed by atoms with van der Waals surface area (Å²) in [5.74, 6) is -2.93. The summed E-state index contributed by atoms with van der Waals surface area (Å²) in [5, 5.41) is 0. The lowest BCUT2D eigenvalue weighted by Crippen LogP contribution is -2.13. The van der Waals surface area contributed by atoms with Gasteiger partial charge in [-0.3, -0.25) is 4.79 Å². The number of rotatable bonds is 12. The minimum Gasteiger partial charge on any atom is -0.493 e. The molecule has 1 atom stereocenters. The molecule has 0 saturated heterocycles. The van der Waals surface area contributed by atoms with Gasteiger partial charge in [0.2, 0.25) is 0 Å². The molecular formula is C33H29FO9. The lowest BCUT2D eigenvalue weighted by Gasteiger charge is -2.11. The van der Waals surface area contributed by atoms with Crippen LogP contribution < -0.4 is 9.47 Å². The first kappa shape index (κ1) is 30.7. The van der Waals surface area contributed by atoms with Crippen molar-refractivity contribution in [2.45, 2.75) is 25.7 Å². The molecule has 43 heavy (non-hydrogen) atoms. The summed E-state index contributed by atoms with van der Waals surface area (Å²) in [4.78, 5) is 47.6. The van der Waals surface area contributed by atoms with E-state index in [4.69, 9.17) is 14.2 Å². The van der Waals surface area contributed by atoms with Crippen LogP contribution in [-0.4, -0.2) is 44.2 Å². The number of benzene rings is 3. The van der Waals surface area contributed by atoms with Crippen LogP contribution in [0.2, 0.25) is 0 Å². The highest BCUT2D eigenvalue weighted by atomic mass is 19.1. The lowest BCUT2D eigenvalue weighted by molar-refractivity contribution is -0.144. The highest BCUT2D eigenvalue weighted by Gasteiger charge is 2.27. The van der Waals surface area contributed by atoms with Gasteiger partial charge in [0.25, 0.3) is 0 Å². The number of carbonyl (C=O) groups excluding carboxylic acids is 4. The molecular weight excluding hydrogens is 559 g/mol. The molecule has 4 rings (SSSR count). The Morgan fingerprint density at radius 1 is 0.907 bits per heavy atom. The normalized spacial score (nSPS) is 12.8. The van der Waals surface area contributed by atoms with E-state index in [0.29, 0.717) is 24.5 Å². The number of ether oxygens (including phenoxy) is 5. The van der Waals surface area contributed by atoms with E-state index in [2.05, 4.69) is 22.6 Å². The lowest BCUT2D eigenvalue weighted by atomic mass is 9.99. The molecule has 222 valence electrons. The Kier molecular flexibility index (Phi) is 9.72. The minimum atomic E-state index is -0.922. The molecule has 0 aromatic heterocycles. The smallest absolute Gasteiger partial charge is 0.345 e. The molecule has 1 aliphatic rings. The second-order valence-corrected chi connectivity index (χ2v) is 9.57. The van der Waals surface area contributed by atoms with E-state index in [1.807, 2.05) is 31.2 Å². The molecule has 0 saturated carbocycles. The third kappa shape index (κ3) is 7.16. The van der Waals surface area contributed by atoms with E-state index in [0.717, 1.165) is 40.6 Å². The van der Waals surface area contributed by atoms with Crippen molar-refractivity contribution in [2.75, 3.05) is 20.3 Å². The topological polar surface area (TPSA) is 114 Å². The van der Waals surface area contributed by atoms with Crippen molar-refractivity contribution in [2.24, 2.45) is 0 Å². The number of carbonyl (C=O) groups is 4. The Balaban J connectivity index is 1.34. The maximum absolute atomic E-state index is 14.4. The predicted octanol–water partition coefficient (Wildman–Crippen LogP) is 5.91. The third-order valence-corrected chi connectivity index (χ3v) is 6.76. The summed E-state index contributed by atoms with van der Waals surface area (Å²) in [5.41, 5.74) is 3.63. The van der Waals surface area contributed by atoms with Gasteiger partial charge in [-0.15, -0.1) is 0 Å². The first-order chi connectivity index (χ1) is 20.6. The van der Waals surface area contributed by atoms with Crippen LogP contribution in [0.25, 0.3) is 11.1 Å². The number of hydrogen-bond donors (Lipinski definition) is 0. The molecule has 0 radical (unpaired) electrons. The standard InChI is InChI=1S/C33H29FO9/c1-5-40-33(38)26-10-7-21(16-29(26)34)32(37)43-23-9-12-25-24-11-8-22(17-27(24)20(3)28(25)18-23)41-13-6-14-42-31(36)19(2)15-30(35)39-4/h5,7-12,16-18,20H,1-2,6,13-15H2,3-4H3. The average Bonchev–Trinajstić information content (AvgIpc) is 3.27. The van der Waals surface area contributed by atoms with Crippen LogP contribution in [0.3, 0.4) is 0 Å². The van der Waals surface area contributed by atoms with E-state index in [9.17, 15) is 23.6 Å². The molecule has 0 N–H and O–H groups in total. The zero-order chi connectivity index (χ0) is 31.1. The summed E-state index contributed by atoms with van der Waals surface area (Å²) in [6.07, 6.45) is 1.10. The maximum atomic E-state index is 14.4. The molecule has 10 heteroatoms. The third-order valence-electron chi connectivity index (χ3n) is 6.76. The van der Waals surface area contributed by atoms with E-state index >= 15 is 0 Å². The average molecular weight is 589 g/mol. The van der Waals surface area contributed by atoms with Crippen LogP contribution in [0, 0.1) is 5.82 Å². The van der Waals surface area contributed by atoms with Gasteiger partial charge in [-0.05, 0) is 64.7 Å². The Labute approximate surface area is 247 Å². The second-order valence-electron chi connectivity index (χ2n) is 9.57. The monoisotopic (exact) mass is 588 g/mol. The molecule has 3 aromatic rings. The maximum Gasteiger partial charge on any atom is 0.345 e. The molecule has 1 aliphatic carbocycles. The molecule has 9 nitrogen and oxygen atoms in total. The fourth-order valence-electron chi connectivity index (χ4n) is 4.56. The molecule has 0 bridgehead atoms. The van der Waals surface area contributed by atoms with E-state index in [-0.39, 0.29) is 35.6 Å². The Morgan fingerprint density at radius 2 is 1.58 bits per heavy atom. The highest BCUT2D eigenvalue weighted by molar-refractivity contribution is 5.95. The van der Waals surface area contributed by atoms with Crippen molar-refractivity contribution < 1.29 is 47.3 Å². The van der Waals surface area contributed by atoms with Crippen LogP contribution in [0.4, 0.5) is 4.39 Å². The van der Waals surface area contributed by atoms with Gasteiger partial charge in [-0.25, -0.2) is 18.8 Å². The molecule has 0 spiro atoms. The van der Waals surface area contributed by atoms with Gasteiger partial charge in [-0.2, -0.15) is 0 Å². The SMILES string of the molecule is C=COC(=O)c1ccc(C(=O)Oc2ccc3c(c2)C(C)c2cc(OCCCOC(=O)C(=C)CC(=O)OC)ccc2-3)cc1F. The minimum absolute atomic E-state index is 0.0218. The Morgan fingerprint density at radius 3 is 2.23 bits per heavy atom. The Hall–Kier alpha value is -5.25. The molecule has 0 fully saturated rings. The quantitative estimate of drug-likeness (QED) is 0.0636. The summed E-state index contributed by atoms with van der Waals surface area (Å²) >= 11 is 0. The van der Waals surface area contributed by atoms with Crippen molar-refractivity contribution in [1.82, 2.24) is 0 Å². The summed E-state index contributed by atoms with van der Waals surface area (Å²) < 4.78 is 39.9. The van der Waals surface area contributed by atoms with Crippen molar-refractivity contribution in [3.63, 3.8) is 0 Å². The van der Waals surface area contributed by atoms with Crippen molar-refractivity contribution in [3.8, 4) is 22.6 Å². The number of halogens is 1. The molecule has 0 amide bonds. The largest absolute Gasteiger partial charge is 0.493 e. The van der Waals surface area contributed by atoms with Gasteiger partial charge in [0.15, 0.2) is 0 Å². The molecule has 0 aliphatic heterocycles. The fraction of sp³-hybridized carbons (Fsp3) is 0.212. The zero-order valence-corrected chi connectivity index (χ0v) is 23.6. The van der Waals surface area contributed by atoms with Crippen LogP contribution in [0.5, 0.6) is 11.5 Å². The van der Waals surface area contributed by atoms with Crippen LogP contribution in [-0.2, 0) is 23.8 Å². The summed E-state index contributed by atoms with van der Waals surface area (Å²) in [6.45, 7) is 9.22. The van der Waals surface area contributed by atoms with E-state index < -0.39 is 29.7 Å². The van der Waals surface area contributed by atoms with Gasteiger partial charge in [0.05, 0.1) is 44.1 Å². The zero-order valence-electron chi connectivity index (χ0n) is 23.6. The number of fused-ring (bicyclic) bond motifs is 3. The molecule has 1 unspecified atom stereocenters. The highest BCUT2D eigenvalue weighted by Crippen LogP contribution is 2.47.